The van der Waals surface area contributed by atoms with Crippen molar-refractivity contribution in [3.05, 3.63) is 35.9 Å². The maximum Gasteiger partial charge on any atom is 0.326 e. The lowest BCUT2D eigenvalue weighted by Crippen LogP contribution is -2.41. The summed E-state index contributed by atoms with van der Waals surface area (Å²) in [5.74, 6) is -1.33. The number of amides is 1. The fourth-order valence-electron chi connectivity index (χ4n) is 1.86. The van der Waals surface area contributed by atoms with Crippen LogP contribution in [0.3, 0.4) is 0 Å². The Bertz CT molecular complexity index is 512. The summed E-state index contributed by atoms with van der Waals surface area (Å²) < 4.78 is 0. The van der Waals surface area contributed by atoms with Gasteiger partial charge in [0, 0.05) is 18.8 Å². The Labute approximate surface area is 118 Å². The molecule has 1 amide bonds. The zero-order valence-electron chi connectivity index (χ0n) is 11.7. The monoisotopic (exact) mass is 276 g/mol. The molecule has 1 unspecified atom stereocenters. The quantitative estimate of drug-likeness (QED) is 0.615. The van der Waals surface area contributed by atoms with Crippen LogP contribution in [0.4, 0.5) is 5.69 Å². The predicted octanol–water partition coefficient (Wildman–Crippen LogP) is 1.99. The number of hydrogen-bond acceptors (Lipinski definition) is 3. The first-order chi connectivity index (χ1) is 9.45. The average Bonchev–Trinajstić information content (AvgIpc) is 2.41. The Kier molecular flexibility index (Phi) is 5.77. The van der Waals surface area contributed by atoms with Crippen LogP contribution in [0.15, 0.2) is 30.3 Å². The first-order valence-corrected chi connectivity index (χ1v) is 6.49. The van der Waals surface area contributed by atoms with Crippen LogP contribution in [0.1, 0.15) is 25.3 Å². The van der Waals surface area contributed by atoms with E-state index >= 15 is 0 Å². The molecule has 1 rings (SSSR count). The number of benzene rings is 1. The van der Waals surface area contributed by atoms with Crippen molar-refractivity contribution in [3.8, 4) is 0 Å². The maximum atomic E-state index is 12.0. The molecule has 20 heavy (non-hydrogen) atoms. The largest absolute Gasteiger partial charge is 0.480 e. The van der Waals surface area contributed by atoms with Gasteiger partial charge in [-0.25, -0.2) is 4.79 Å². The summed E-state index contributed by atoms with van der Waals surface area (Å²) in [5.41, 5.74) is 7.06. The van der Waals surface area contributed by atoms with E-state index in [0.717, 1.165) is 5.56 Å². The van der Waals surface area contributed by atoms with Crippen LogP contribution >= 0.6 is 0 Å². The van der Waals surface area contributed by atoms with E-state index in [0.29, 0.717) is 18.5 Å². The lowest BCUT2D eigenvalue weighted by atomic mass is 10.1. The molecule has 0 heterocycles. The molecule has 1 aromatic carbocycles. The van der Waals surface area contributed by atoms with E-state index in [1.54, 1.807) is 24.3 Å². The van der Waals surface area contributed by atoms with Crippen LogP contribution in [0.2, 0.25) is 0 Å². The molecule has 0 bridgehead atoms. The molecule has 0 spiro atoms. The Morgan fingerprint density at radius 1 is 1.45 bits per heavy atom. The van der Waals surface area contributed by atoms with Gasteiger partial charge in [-0.3, -0.25) is 4.79 Å². The average molecular weight is 276 g/mol. The van der Waals surface area contributed by atoms with Gasteiger partial charge >= 0.3 is 5.97 Å². The summed E-state index contributed by atoms with van der Waals surface area (Å²) in [7, 11) is 1.50. The molecule has 0 saturated carbocycles. The lowest BCUT2D eigenvalue weighted by molar-refractivity contribution is -0.147. The van der Waals surface area contributed by atoms with Crippen molar-refractivity contribution in [3.63, 3.8) is 0 Å². The van der Waals surface area contributed by atoms with Crippen molar-refractivity contribution in [2.45, 2.75) is 25.8 Å². The number of carboxylic acids is 1. The van der Waals surface area contributed by atoms with Crippen molar-refractivity contribution >= 4 is 23.6 Å². The second kappa shape index (κ2) is 7.33. The minimum Gasteiger partial charge on any atom is -0.480 e. The predicted molar refractivity (Wildman–Crippen MR) is 79.0 cm³/mol. The smallest absolute Gasteiger partial charge is 0.326 e. The lowest BCUT2D eigenvalue weighted by Gasteiger charge is -2.23. The van der Waals surface area contributed by atoms with E-state index in [-0.39, 0.29) is 5.91 Å². The second-order valence-electron chi connectivity index (χ2n) is 4.60. The van der Waals surface area contributed by atoms with E-state index in [1.165, 1.54) is 18.0 Å². The number of nitrogens with two attached hydrogens (primary N) is 1. The van der Waals surface area contributed by atoms with Crippen LogP contribution in [0, 0.1) is 0 Å². The minimum absolute atomic E-state index is 0.340. The second-order valence-corrected chi connectivity index (χ2v) is 4.60. The number of carbonyl (C=O) groups is 2. The number of carboxylic acid groups (broad SMARTS) is 1. The molecule has 0 radical (unpaired) electrons. The van der Waals surface area contributed by atoms with E-state index in [1.807, 2.05) is 13.0 Å². The normalized spacial score (nSPS) is 12.3. The molecule has 108 valence electrons. The molecule has 0 aliphatic rings. The Hall–Kier alpha value is -2.30. The van der Waals surface area contributed by atoms with Gasteiger partial charge in [0.15, 0.2) is 0 Å². The zero-order valence-corrected chi connectivity index (χ0v) is 11.7. The summed E-state index contributed by atoms with van der Waals surface area (Å²) in [6.45, 7) is 1.89. The SMILES string of the molecule is CCCC(C(=O)O)N(C)C(=O)C=Cc1cccc(N)c1. The Balaban J connectivity index is 2.76. The summed E-state index contributed by atoms with van der Waals surface area (Å²) >= 11 is 0. The van der Waals surface area contributed by atoms with Crippen molar-refractivity contribution < 1.29 is 14.7 Å². The highest BCUT2D eigenvalue weighted by Gasteiger charge is 2.24. The maximum absolute atomic E-state index is 12.0. The van der Waals surface area contributed by atoms with Crippen LogP contribution in [0.25, 0.3) is 6.08 Å². The number of carbonyl (C=O) groups excluding carboxylic acids is 1. The standard InChI is InChI=1S/C15H20N2O3/c1-3-5-13(15(19)20)17(2)14(18)9-8-11-6-4-7-12(16)10-11/h4,6-10,13H,3,5,16H2,1-2H3,(H,19,20). The van der Waals surface area contributed by atoms with Crippen molar-refractivity contribution in [2.75, 3.05) is 12.8 Å². The zero-order chi connectivity index (χ0) is 15.1. The third-order valence-corrected chi connectivity index (χ3v) is 2.99. The number of nitrogens with zero attached hydrogens (tertiary/aromatic N) is 1. The number of hydrogen-bond donors (Lipinski definition) is 2. The molecule has 0 aliphatic heterocycles. The number of anilines is 1. The van der Waals surface area contributed by atoms with Gasteiger partial charge in [-0.1, -0.05) is 25.5 Å². The van der Waals surface area contributed by atoms with Gasteiger partial charge in [0.1, 0.15) is 6.04 Å². The highest BCUT2D eigenvalue weighted by atomic mass is 16.4. The first-order valence-electron chi connectivity index (χ1n) is 6.49. The van der Waals surface area contributed by atoms with Crippen molar-refractivity contribution in [2.24, 2.45) is 0 Å². The van der Waals surface area contributed by atoms with Gasteiger partial charge in [-0.2, -0.15) is 0 Å². The fraction of sp³-hybridized carbons (Fsp3) is 0.333. The van der Waals surface area contributed by atoms with Crippen LogP contribution < -0.4 is 5.73 Å². The van der Waals surface area contributed by atoms with Gasteiger partial charge in [-0.05, 0) is 30.2 Å². The summed E-state index contributed by atoms with van der Waals surface area (Å²) in [6, 6.07) is 6.32. The third-order valence-electron chi connectivity index (χ3n) is 2.99. The van der Waals surface area contributed by atoms with Crippen molar-refractivity contribution in [1.82, 2.24) is 4.90 Å². The fourth-order valence-corrected chi connectivity index (χ4v) is 1.86. The molecule has 0 saturated heterocycles. The van der Waals surface area contributed by atoms with Crippen LogP contribution in [-0.4, -0.2) is 35.0 Å². The molecule has 0 fully saturated rings. The number of nitrogen functional groups attached to an aromatic ring is 1. The van der Waals surface area contributed by atoms with Crippen LogP contribution in [0.5, 0.6) is 0 Å². The third kappa shape index (κ3) is 4.42. The van der Waals surface area contributed by atoms with Gasteiger partial charge in [0.05, 0.1) is 0 Å². The molecular formula is C15H20N2O3. The topological polar surface area (TPSA) is 83.6 Å². The molecule has 1 atom stereocenters. The number of rotatable bonds is 6. The van der Waals surface area contributed by atoms with Gasteiger partial charge < -0.3 is 15.7 Å². The number of aliphatic carboxylic acids is 1. The van der Waals surface area contributed by atoms with E-state index in [4.69, 9.17) is 10.8 Å². The van der Waals surface area contributed by atoms with E-state index in [2.05, 4.69) is 0 Å². The van der Waals surface area contributed by atoms with Gasteiger partial charge in [0.25, 0.3) is 0 Å². The molecule has 3 N–H and O–H groups in total. The molecular weight excluding hydrogens is 256 g/mol. The summed E-state index contributed by atoms with van der Waals surface area (Å²) in [4.78, 5) is 24.3. The Morgan fingerprint density at radius 2 is 2.15 bits per heavy atom. The minimum atomic E-state index is -0.986. The molecule has 5 heteroatoms. The summed E-state index contributed by atoms with van der Waals surface area (Å²) in [5, 5.41) is 9.11. The molecule has 0 aromatic heterocycles. The first kappa shape index (κ1) is 15.8. The molecule has 1 aromatic rings. The van der Waals surface area contributed by atoms with E-state index < -0.39 is 12.0 Å². The van der Waals surface area contributed by atoms with Crippen LogP contribution in [-0.2, 0) is 9.59 Å². The van der Waals surface area contributed by atoms with Gasteiger partial charge in [0.2, 0.25) is 5.91 Å². The summed E-state index contributed by atoms with van der Waals surface area (Å²) in [6.07, 6.45) is 4.12. The molecule has 0 aliphatic carbocycles. The highest BCUT2D eigenvalue weighted by molar-refractivity contribution is 5.94. The number of likely N-dealkylation sites (N-methyl/N-ethyl adjacent to an activating group) is 1. The molecule has 5 nitrogen and oxygen atoms in total. The van der Waals surface area contributed by atoms with Crippen molar-refractivity contribution in [1.29, 1.82) is 0 Å². The Morgan fingerprint density at radius 3 is 2.70 bits per heavy atom. The van der Waals surface area contributed by atoms with E-state index in [9.17, 15) is 9.59 Å². The highest BCUT2D eigenvalue weighted by Crippen LogP contribution is 2.10. The van der Waals surface area contributed by atoms with Gasteiger partial charge in [-0.15, -0.1) is 0 Å².